The summed E-state index contributed by atoms with van der Waals surface area (Å²) in [4.78, 5) is 21.1. The summed E-state index contributed by atoms with van der Waals surface area (Å²) in [5, 5.41) is 7.45. The smallest absolute Gasteiger partial charge is 0.267 e. The number of nitrogens with zero attached hydrogens (tertiary/aromatic N) is 3. The standard InChI is InChI=1S/C18H18BrClN6O/c19-15-14(10-3-5-11(20)6-4-10)25-18-17(24-12-2-1-7-22-8-12)23-9-13(16(21)27)26(15)18/h3-6,9,12,22H,1-2,7-8H2,(H2,21,27)(H,23,24). The van der Waals surface area contributed by atoms with E-state index in [0.29, 0.717) is 26.8 Å². The minimum atomic E-state index is -0.570. The normalized spacial score (nSPS) is 17.2. The molecule has 3 aromatic rings. The average Bonchev–Trinajstić information content (AvgIpc) is 3.01. The van der Waals surface area contributed by atoms with E-state index in [2.05, 4.69) is 31.5 Å². The van der Waals surface area contributed by atoms with Gasteiger partial charge in [-0.1, -0.05) is 23.7 Å². The van der Waals surface area contributed by atoms with Gasteiger partial charge in [-0.05, 0) is 47.4 Å². The van der Waals surface area contributed by atoms with Gasteiger partial charge in [0, 0.05) is 23.2 Å². The van der Waals surface area contributed by atoms with Crippen LogP contribution < -0.4 is 16.4 Å². The van der Waals surface area contributed by atoms with Gasteiger partial charge in [-0.2, -0.15) is 0 Å². The monoisotopic (exact) mass is 448 g/mol. The summed E-state index contributed by atoms with van der Waals surface area (Å²) in [6.45, 7) is 1.88. The second kappa shape index (κ2) is 7.46. The number of anilines is 1. The van der Waals surface area contributed by atoms with Crippen molar-refractivity contribution in [1.82, 2.24) is 19.7 Å². The molecule has 1 unspecified atom stereocenters. The van der Waals surface area contributed by atoms with Crippen molar-refractivity contribution in [2.24, 2.45) is 5.73 Å². The minimum absolute atomic E-state index is 0.254. The minimum Gasteiger partial charge on any atom is -0.364 e. The highest BCUT2D eigenvalue weighted by Crippen LogP contribution is 2.32. The third-order valence-electron chi connectivity index (χ3n) is 4.60. The Morgan fingerprint density at radius 2 is 2.15 bits per heavy atom. The lowest BCUT2D eigenvalue weighted by Gasteiger charge is -2.24. The molecule has 9 heteroatoms. The lowest BCUT2D eigenvalue weighted by atomic mass is 10.1. The van der Waals surface area contributed by atoms with Crippen molar-refractivity contribution in [2.75, 3.05) is 18.4 Å². The van der Waals surface area contributed by atoms with Gasteiger partial charge in [0.05, 0.1) is 6.20 Å². The topological polar surface area (TPSA) is 97.3 Å². The number of hydrogen-bond donors (Lipinski definition) is 3. The third-order valence-corrected chi connectivity index (χ3v) is 5.58. The van der Waals surface area contributed by atoms with Crippen LogP contribution in [0.3, 0.4) is 0 Å². The molecule has 0 aliphatic carbocycles. The van der Waals surface area contributed by atoms with E-state index in [1.54, 1.807) is 16.5 Å². The molecule has 4 rings (SSSR count). The number of imidazole rings is 1. The highest BCUT2D eigenvalue weighted by Gasteiger charge is 2.22. The van der Waals surface area contributed by atoms with E-state index in [9.17, 15) is 4.79 Å². The van der Waals surface area contributed by atoms with Crippen molar-refractivity contribution >= 4 is 44.9 Å². The number of carbonyl (C=O) groups excluding carboxylic acids is 1. The maximum absolute atomic E-state index is 11.9. The summed E-state index contributed by atoms with van der Waals surface area (Å²) in [5.74, 6) is 0.0498. The molecule has 1 fully saturated rings. The number of nitrogens with two attached hydrogens (primary N) is 1. The van der Waals surface area contributed by atoms with Crippen LogP contribution in [0.5, 0.6) is 0 Å². The fourth-order valence-electron chi connectivity index (χ4n) is 3.26. The van der Waals surface area contributed by atoms with Gasteiger partial charge in [0.2, 0.25) is 0 Å². The van der Waals surface area contributed by atoms with E-state index in [0.717, 1.165) is 31.5 Å². The Kier molecular flexibility index (Phi) is 5.03. The molecule has 140 valence electrons. The van der Waals surface area contributed by atoms with Crippen LogP contribution in [-0.2, 0) is 0 Å². The van der Waals surface area contributed by atoms with Gasteiger partial charge in [0.1, 0.15) is 16.0 Å². The largest absolute Gasteiger partial charge is 0.364 e. The first-order valence-corrected chi connectivity index (χ1v) is 9.81. The van der Waals surface area contributed by atoms with E-state index < -0.39 is 5.91 Å². The van der Waals surface area contributed by atoms with Crippen molar-refractivity contribution in [3.63, 3.8) is 0 Å². The lowest BCUT2D eigenvalue weighted by molar-refractivity contribution is 0.0994. The van der Waals surface area contributed by atoms with Gasteiger partial charge in [0.25, 0.3) is 5.91 Å². The first-order valence-electron chi connectivity index (χ1n) is 8.64. The molecule has 1 aliphatic heterocycles. The van der Waals surface area contributed by atoms with Crippen LogP contribution in [0.2, 0.25) is 5.02 Å². The molecule has 1 saturated heterocycles. The molecular weight excluding hydrogens is 432 g/mol. The first-order chi connectivity index (χ1) is 13.0. The average molecular weight is 450 g/mol. The number of benzene rings is 1. The summed E-state index contributed by atoms with van der Waals surface area (Å²) < 4.78 is 2.33. The van der Waals surface area contributed by atoms with Gasteiger partial charge in [-0.15, -0.1) is 0 Å². The van der Waals surface area contributed by atoms with Crippen LogP contribution in [0.1, 0.15) is 23.3 Å². The summed E-state index contributed by atoms with van der Waals surface area (Å²) in [6.07, 6.45) is 3.62. The number of fused-ring (bicyclic) bond motifs is 1. The van der Waals surface area contributed by atoms with Crippen molar-refractivity contribution in [3.05, 3.63) is 45.8 Å². The molecule has 4 N–H and O–H groups in total. The van der Waals surface area contributed by atoms with Crippen LogP contribution in [0.4, 0.5) is 5.82 Å². The van der Waals surface area contributed by atoms with E-state index in [1.165, 1.54) is 6.20 Å². The molecule has 0 bridgehead atoms. The molecule has 1 amide bonds. The number of aromatic nitrogens is 3. The van der Waals surface area contributed by atoms with Crippen LogP contribution >= 0.6 is 27.5 Å². The highest BCUT2D eigenvalue weighted by molar-refractivity contribution is 9.10. The molecular formula is C18H18BrClN6O. The van der Waals surface area contributed by atoms with Crippen molar-refractivity contribution in [1.29, 1.82) is 0 Å². The SMILES string of the molecule is NC(=O)c1cnc(NC2CCCNC2)c2nc(-c3ccc(Cl)cc3)c(Br)n12. The van der Waals surface area contributed by atoms with Gasteiger partial charge >= 0.3 is 0 Å². The van der Waals surface area contributed by atoms with Crippen LogP contribution in [0.25, 0.3) is 16.9 Å². The van der Waals surface area contributed by atoms with Gasteiger partial charge in [-0.3, -0.25) is 9.20 Å². The molecule has 0 saturated carbocycles. The quantitative estimate of drug-likeness (QED) is 0.569. The number of piperidine rings is 1. The van der Waals surface area contributed by atoms with Gasteiger partial charge < -0.3 is 16.4 Å². The summed E-state index contributed by atoms with van der Waals surface area (Å²) in [6, 6.07) is 7.61. The Labute approximate surface area is 169 Å². The maximum Gasteiger partial charge on any atom is 0.267 e. The molecule has 0 radical (unpaired) electrons. The zero-order valence-corrected chi connectivity index (χ0v) is 16.7. The fourth-order valence-corrected chi connectivity index (χ4v) is 4.06. The Morgan fingerprint density at radius 1 is 1.37 bits per heavy atom. The number of amides is 1. The molecule has 2 aromatic heterocycles. The van der Waals surface area contributed by atoms with Crippen molar-refractivity contribution < 1.29 is 4.79 Å². The molecule has 1 atom stereocenters. The fraction of sp³-hybridized carbons (Fsp3) is 0.278. The van der Waals surface area contributed by atoms with Crippen molar-refractivity contribution in [3.8, 4) is 11.3 Å². The molecule has 1 aliphatic rings. The number of carbonyl (C=O) groups is 1. The Balaban J connectivity index is 1.85. The summed E-state index contributed by atoms with van der Waals surface area (Å²) >= 11 is 9.57. The predicted molar refractivity (Wildman–Crippen MR) is 109 cm³/mol. The summed E-state index contributed by atoms with van der Waals surface area (Å²) in [5.41, 5.74) is 7.92. The second-order valence-corrected chi connectivity index (χ2v) is 7.65. The molecule has 1 aromatic carbocycles. The number of halogens is 2. The third kappa shape index (κ3) is 3.52. The van der Waals surface area contributed by atoms with E-state index in [1.807, 2.05) is 12.1 Å². The Morgan fingerprint density at radius 3 is 2.81 bits per heavy atom. The van der Waals surface area contributed by atoms with Crippen LogP contribution in [0, 0.1) is 0 Å². The van der Waals surface area contributed by atoms with E-state index in [4.69, 9.17) is 22.3 Å². The Hall–Kier alpha value is -2.16. The van der Waals surface area contributed by atoms with Gasteiger partial charge in [0.15, 0.2) is 11.5 Å². The maximum atomic E-state index is 11.9. The zero-order valence-electron chi connectivity index (χ0n) is 14.4. The van der Waals surface area contributed by atoms with E-state index in [-0.39, 0.29) is 11.7 Å². The van der Waals surface area contributed by atoms with Crippen molar-refractivity contribution in [2.45, 2.75) is 18.9 Å². The second-order valence-electron chi connectivity index (χ2n) is 6.46. The molecule has 27 heavy (non-hydrogen) atoms. The predicted octanol–water partition coefficient (Wildman–Crippen LogP) is 3.08. The van der Waals surface area contributed by atoms with E-state index >= 15 is 0 Å². The van der Waals surface area contributed by atoms with Crippen LogP contribution in [0.15, 0.2) is 35.1 Å². The summed E-state index contributed by atoms with van der Waals surface area (Å²) in [7, 11) is 0. The molecule has 7 nitrogen and oxygen atoms in total. The number of nitrogens with one attached hydrogen (secondary N) is 2. The molecule has 3 heterocycles. The van der Waals surface area contributed by atoms with Gasteiger partial charge in [-0.25, -0.2) is 9.97 Å². The van der Waals surface area contributed by atoms with Crippen LogP contribution in [-0.4, -0.2) is 39.4 Å². The first kappa shape index (κ1) is 18.2. The zero-order chi connectivity index (χ0) is 19.0. The number of rotatable bonds is 4. The Bertz CT molecular complexity index is 997. The molecule has 0 spiro atoms. The number of hydrogen-bond acceptors (Lipinski definition) is 5. The lowest BCUT2D eigenvalue weighted by Crippen LogP contribution is -2.38. The highest BCUT2D eigenvalue weighted by atomic mass is 79.9. The number of primary amides is 1.